The molecule has 0 aliphatic carbocycles. The Kier molecular flexibility index (Phi) is 3.46. The van der Waals surface area contributed by atoms with Crippen LogP contribution in [0.15, 0.2) is 36.4 Å². The number of halogens is 1. The molecule has 0 amide bonds. The van der Waals surface area contributed by atoms with Crippen LogP contribution in [-0.2, 0) is 5.41 Å². The van der Waals surface area contributed by atoms with Crippen LogP contribution in [0.4, 0.5) is 11.4 Å². The van der Waals surface area contributed by atoms with Crippen molar-refractivity contribution in [3.05, 3.63) is 47.0 Å². The monoisotopic (exact) mass is 274 g/mol. The lowest BCUT2D eigenvalue weighted by molar-refractivity contribution is 0.590. The Balaban J connectivity index is 2.46. The van der Waals surface area contributed by atoms with Gasteiger partial charge in [-0.25, -0.2) is 0 Å². The molecular weight excluding hydrogens is 256 g/mol. The minimum absolute atomic E-state index is 0.142. The van der Waals surface area contributed by atoms with Gasteiger partial charge in [-0.1, -0.05) is 62.7 Å². The zero-order chi connectivity index (χ0) is 14.2. The van der Waals surface area contributed by atoms with Gasteiger partial charge in [0.1, 0.15) is 0 Å². The van der Waals surface area contributed by atoms with Crippen LogP contribution in [0.5, 0.6) is 0 Å². The molecule has 0 saturated heterocycles. The first-order chi connectivity index (χ1) is 8.80. The molecule has 0 aliphatic rings. The molecule has 0 aliphatic heterocycles. The molecule has 0 fully saturated rings. The van der Waals surface area contributed by atoms with Crippen LogP contribution in [0.2, 0.25) is 5.02 Å². The van der Waals surface area contributed by atoms with Crippen molar-refractivity contribution in [3.8, 4) is 11.1 Å². The van der Waals surface area contributed by atoms with Crippen LogP contribution in [0.1, 0.15) is 26.3 Å². The predicted octanol–water partition coefficient (Wildman–Crippen LogP) is 4.47. The highest BCUT2D eigenvalue weighted by atomic mass is 35.5. The summed E-state index contributed by atoms with van der Waals surface area (Å²) in [5, 5.41) is 0.428. The molecule has 3 heteroatoms. The second kappa shape index (κ2) is 4.78. The minimum atomic E-state index is 0.142. The van der Waals surface area contributed by atoms with Gasteiger partial charge in [0, 0.05) is 5.56 Å². The first-order valence-corrected chi connectivity index (χ1v) is 6.63. The molecule has 0 heterocycles. The van der Waals surface area contributed by atoms with Gasteiger partial charge in [0.15, 0.2) is 0 Å². The quantitative estimate of drug-likeness (QED) is 0.754. The minimum Gasteiger partial charge on any atom is -0.397 e. The van der Waals surface area contributed by atoms with Crippen LogP contribution >= 0.6 is 11.6 Å². The summed E-state index contributed by atoms with van der Waals surface area (Å²) < 4.78 is 0. The molecule has 19 heavy (non-hydrogen) atoms. The van der Waals surface area contributed by atoms with Crippen LogP contribution in [0.3, 0.4) is 0 Å². The Labute approximate surface area is 119 Å². The summed E-state index contributed by atoms with van der Waals surface area (Å²) in [7, 11) is 0. The van der Waals surface area contributed by atoms with Crippen LogP contribution < -0.4 is 11.5 Å². The lowest BCUT2D eigenvalue weighted by Crippen LogP contribution is -2.10. The average molecular weight is 275 g/mol. The van der Waals surface area contributed by atoms with Crippen molar-refractivity contribution in [3.63, 3.8) is 0 Å². The highest BCUT2D eigenvalue weighted by Crippen LogP contribution is 2.36. The number of rotatable bonds is 1. The maximum absolute atomic E-state index is 6.09. The van der Waals surface area contributed by atoms with Crippen LogP contribution in [0.25, 0.3) is 11.1 Å². The van der Waals surface area contributed by atoms with E-state index in [-0.39, 0.29) is 5.41 Å². The molecule has 2 nitrogen and oxygen atoms in total. The molecule has 0 spiro atoms. The topological polar surface area (TPSA) is 52.0 Å². The van der Waals surface area contributed by atoms with E-state index in [0.717, 1.165) is 11.1 Å². The summed E-state index contributed by atoms with van der Waals surface area (Å²) in [4.78, 5) is 0. The van der Waals surface area contributed by atoms with Crippen LogP contribution in [-0.4, -0.2) is 0 Å². The number of nitrogen functional groups attached to an aromatic ring is 2. The van der Waals surface area contributed by atoms with Gasteiger partial charge in [-0.2, -0.15) is 0 Å². The highest BCUT2D eigenvalue weighted by Gasteiger charge is 2.14. The summed E-state index contributed by atoms with van der Waals surface area (Å²) in [6.45, 7) is 6.57. The molecule has 100 valence electrons. The fraction of sp³-hybridized carbons (Fsp3) is 0.250. The molecule has 0 aromatic heterocycles. The Morgan fingerprint density at radius 1 is 0.895 bits per heavy atom. The van der Waals surface area contributed by atoms with Gasteiger partial charge in [-0.15, -0.1) is 0 Å². The van der Waals surface area contributed by atoms with Crippen molar-refractivity contribution in [2.75, 3.05) is 11.5 Å². The fourth-order valence-corrected chi connectivity index (χ4v) is 2.18. The number of hydrogen-bond acceptors (Lipinski definition) is 2. The van der Waals surface area contributed by atoms with E-state index < -0.39 is 0 Å². The van der Waals surface area contributed by atoms with E-state index in [1.165, 1.54) is 5.56 Å². The Hall–Kier alpha value is -1.67. The lowest BCUT2D eigenvalue weighted by atomic mass is 9.86. The van der Waals surface area contributed by atoms with E-state index in [1.54, 1.807) is 6.07 Å². The van der Waals surface area contributed by atoms with Crippen LogP contribution in [0, 0.1) is 0 Å². The summed E-state index contributed by atoms with van der Waals surface area (Å²) in [6.07, 6.45) is 0. The fourth-order valence-electron chi connectivity index (χ4n) is 2.01. The third kappa shape index (κ3) is 2.69. The number of hydrogen-bond donors (Lipinski definition) is 2. The van der Waals surface area contributed by atoms with Crippen molar-refractivity contribution >= 4 is 23.0 Å². The standard InChI is InChI=1S/C16H19ClN2/c1-16(2,3)11-6-4-10(5-7-11)12-8-9-13(18)14(17)15(12)19/h4-9H,18-19H2,1-3H3. The van der Waals surface area contributed by atoms with Crippen molar-refractivity contribution in [1.82, 2.24) is 0 Å². The zero-order valence-corrected chi connectivity index (χ0v) is 12.3. The SMILES string of the molecule is CC(C)(C)c1ccc(-c2ccc(N)c(Cl)c2N)cc1. The molecule has 4 N–H and O–H groups in total. The molecule has 0 radical (unpaired) electrons. The number of benzene rings is 2. The molecular formula is C16H19ClN2. The first-order valence-electron chi connectivity index (χ1n) is 6.25. The summed E-state index contributed by atoms with van der Waals surface area (Å²) >= 11 is 6.09. The predicted molar refractivity (Wildman–Crippen MR) is 84.4 cm³/mol. The molecule has 0 saturated carbocycles. The maximum Gasteiger partial charge on any atom is 0.0870 e. The lowest BCUT2D eigenvalue weighted by Gasteiger charge is -2.19. The van der Waals surface area contributed by atoms with E-state index >= 15 is 0 Å². The largest absolute Gasteiger partial charge is 0.397 e. The van der Waals surface area contributed by atoms with Crippen molar-refractivity contribution in [2.24, 2.45) is 0 Å². The van der Waals surface area contributed by atoms with Gasteiger partial charge >= 0.3 is 0 Å². The van der Waals surface area contributed by atoms with Gasteiger partial charge in [0.2, 0.25) is 0 Å². The normalized spacial score (nSPS) is 11.6. The second-order valence-corrected chi connectivity index (χ2v) is 6.14. The molecule has 2 aromatic carbocycles. The molecule has 2 rings (SSSR count). The molecule has 2 aromatic rings. The maximum atomic E-state index is 6.09. The third-order valence-corrected chi connectivity index (χ3v) is 3.69. The number of nitrogens with two attached hydrogens (primary N) is 2. The Bertz CT molecular complexity index is 595. The van der Waals surface area contributed by atoms with Crippen molar-refractivity contribution < 1.29 is 0 Å². The second-order valence-electron chi connectivity index (χ2n) is 5.76. The molecule has 0 unspecified atom stereocenters. The Morgan fingerprint density at radius 2 is 1.47 bits per heavy atom. The van der Waals surface area contributed by atoms with Gasteiger partial charge in [0.25, 0.3) is 0 Å². The van der Waals surface area contributed by atoms with E-state index in [9.17, 15) is 0 Å². The van der Waals surface area contributed by atoms with E-state index in [4.69, 9.17) is 23.1 Å². The molecule has 0 atom stereocenters. The van der Waals surface area contributed by atoms with Gasteiger partial charge < -0.3 is 11.5 Å². The third-order valence-electron chi connectivity index (χ3n) is 3.27. The summed E-state index contributed by atoms with van der Waals surface area (Å²) in [6, 6.07) is 12.1. The van der Waals surface area contributed by atoms with E-state index in [1.807, 2.05) is 6.07 Å². The highest BCUT2D eigenvalue weighted by molar-refractivity contribution is 6.36. The molecule has 0 bridgehead atoms. The van der Waals surface area contributed by atoms with Crippen molar-refractivity contribution in [2.45, 2.75) is 26.2 Å². The van der Waals surface area contributed by atoms with E-state index in [0.29, 0.717) is 16.4 Å². The Morgan fingerprint density at radius 3 is 2.00 bits per heavy atom. The van der Waals surface area contributed by atoms with Gasteiger partial charge in [-0.05, 0) is 22.6 Å². The first kappa shape index (κ1) is 13.8. The van der Waals surface area contributed by atoms with Gasteiger partial charge in [-0.3, -0.25) is 0 Å². The van der Waals surface area contributed by atoms with Crippen molar-refractivity contribution in [1.29, 1.82) is 0 Å². The number of anilines is 2. The zero-order valence-electron chi connectivity index (χ0n) is 11.5. The van der Waals surface area contributed by atoms with E-state index in [2.05, 4.69) is 45.0 Å². The smallest absolute Gasteiger partial charge is 0.0870 e. The van der Waals surface area contributed by atoms with Gasteiger partial charge in [0.05, 0.1) is 16.4 Å². The summed E-state index contributed by atoms with van der Waals surface area (Å²) in [5.74, 6) is 0. The average Bonchev–Trinajstić information content (AvgIpc) is 2.35. The summed E-state index contributed by atoms with van der Waals surface area (Å²) in [5.41, 5.74) is 16.2.